The molecule has 0 fully saturated rings. The lowest BCUT2D eigenvalue weighted by molar-refractivity contribution is 0.120. The summed E-state index contributed by atoms with van der Waals surface area (Å²) < 4.78 is 7.27. The minimum absolute atomic E-state index is 0.0703. The number of hydrogen-bond donors (Lipinski definition) is 1. The largest absolute Gasteiger partial charge is 0.379 e. The Labute approximate surface area is 78.7 Å². The molecule has 2 N–H and O–H groups in total. The molecule has 0 radical (unpaired) electrons. The second-order valence-electron chi connectivity index (χ2n) is 3.11. The van der Waals surface area contributed by atoms with E-state index in [0.29, 0.717) is 6.61 Å². The van der Waals surface area contributed by atoms with Crippen LogP contribution in [0.15, 0.2) is 12.5 Å². The first-order chi connectivity index (χ1) is 6.25. The van der Waals surface area contributed by atoms with Gasteiger partial charge in [-0.15, -0.1) is 0 Å². The molecular formula is C9H17N3O. The zero-order chi connectivity index (χ0) is 9.68. The van der Waals surface area contributed by atoms with E-state index in [-0.39, 0.29) is 6.04 Å². The molecule has 0 bridgehead atoms. The number of imidazole rings is 1. The van der Waals surface area contributed by atoms with E-state index in [1.165, 1.54) is 0 Å². The summed E-state index contributed by atoms with van der Waals surface area (Å²) in [5.74, 6) is 0. The third-order valence-electron chi connectivity index (χ3n) is 1.88. The van der Waals surface area contributed by atoms with Gasteiger partial charge in [0.15, 0.2) is 0 Å². The van der Waals surface area contributed by atoms with E-state index in [4.69, 9.17) is 10.5 Å². The summed E-state index contributed by atoms with van der Waals surface area (Å²) in [5, 5.41) is 0. The van der Waals surface area contributed by atoms with E-state index in [0.717, 1.165) is 18.7 Å². The van der Waals surface area contributed by atoms with Crippen molar-refractivity contribution in [1.29, 1.82) is 0 Å². The second-order valence-corrected chi connectivity index (χ2v) is 3.11. The van der Waals surface area contributed by atoms with Crippen LogP contribution in [-0.4, -0.2) is 22.8 Å². The molecule has 4 nitrogen and oxygen atoms in total. The molecule has 0 saturated heterocycles. The number of ether oxygens (including phenoxy) is 1. The smallest absolute Gasteiger partial charge is 0.0946 e. The van der Waals surface area contributed by atoms with Crippen molar-refractivity contribution in [2.75, 3.05) is 13.2 Å². The Morgan fingerprint density at radius 3 is 3.00 bits per heavy atom. The summed E-state index contributed by atoms with van der Waals surface area (Å²) in [5.41, 5.74) is 6.91. The van der Waals surface area contributed by atoms with Crippen molar-refractivity contribution in [1.82, 2.24) is 9.55 Å². The fourth-order valence-electron chi connectivity index (χ4n) is 1.16. The lowest BCUT2D eigenvalue weighted by Crippen LogP contribution is -2.19. The highest BCUT2D eigenvalue weighted by atomic mass is 16.5. The van der Waals surface area contributed by atoms with Crippen molar-refractivity contribution in [3.63, 3.8) is 0 Å². The van der Waals surface area contributed by atoms with Gasteiger partial charge in [0.25, 0.3) is 0 Å². The molecule has 0 spiro atoms. The van der Waals surface area contributed by atoms with Crippen LogP contribution in [0.5, 0.6) is 0 Å². The van der Waals surface area contributed by atoms with Crippen molar-refractivity contribution in [3.8, 4) is 0 Å². The molecule has 1 unspecified atom stereocenters. The van der Waals surface area contributed by atoms with Crippen molar-refractivity contribution in [2.45, 2.75) is 19.4 Å². The van der Waals surface area contributed by atoms with Gasteiger partial charge >= 0.3 is 0 Å². The highest BCUT2D eigenvalue weighted by molar-refractivity contribution is 5.03. The van der Waals surface area contributed by atoms with Gasteiger partial charge in [0.2, 0.25) is 0 Å². The molecule has 0 aliphatic rings. The van der Waals surface area contributed by atoms with Crippen LogP contribution in [0.2, 0.25) is 0 Å². The Hall–Kier alpha value is -0.870. The molecule has 0 aliphatic heterocycles. The third-order valence-corrected chi connectivity index (χ3v) is 1.88. The quantitative estimate of drug-likeness (QED) is 0.688. The normalized spacial score (nSPS) is 13.2. The standard InChI is InChI=1S/C9H17N3O/c1-3-4-13-6-8(10)9-5-11-7-12(9)2/h5,7-8H,3-4,6,10H2,1-2H3. The number of nitrogens with zero attached hydrogens (tertiary/aromatic N) is 2. The molecule has 1 aromatic heterocycles. The average Bonchev–Trinajstić information content (AvgIpc) is 2.52. The molecule has 1 rings (SSSR count). The molecule has 13 heavy (non-hydrogen) atoms. The van der Waals surface area contributed by atoms with Crippen molar-refractivity contribution in [2.24, 2.45) is 12.8 Å². The summed E-state index contributed by atoms with van der Waals surface area (Å²) in [6.07, 6.45) is 4.55. The topological polar surface area (TPSA) is 53.1 Å². The molecule has 74 valence electrons. The highest BCUT2D eigenvalue weighted by Gasteiger charge is 2.08. The SMILES string of the molecule is CCCOCC(N)c1cncn1C. The van der Waals surface area contributed by atoms with Gasteiger partial charge in [0.1, 0.15) is 0 Å². The number of aryl methyl sites for hydroxylation is 1. The maximum absolute atomic E-state index is 5.90. The molecule has 1 aromatic rings. The summed E-state index contributed by atoms with van der Waals surface area (Å²) in [7, 11) is 1.93. The number of rotatable bonds is 5. The van der Waals surface area contributed by atoms with Crippen LogP contribution in [0.1, 0.15) is 25.1 Å². The van der Waals surface area contributed by atoms with Gasteiger partial charge in [-0.25, -0.2) is 4.98 Å². The second kappa shape index (κ2) is 4.99. The Morgan fingerprint density at radius 2 is 2.46 bits per heavy atom. The monoisotopic (exact) mass is 183 g/mol. The summed E-state index contributed by atoms with van der Waals surface area (Å²) in [6, 6.07) is -0.0703. The first kappa shape index (κ1) is 10.2. The minimum Gasteiger partial charge on any atom is -0.379 e. The number of nitrogens with two attached hydrogens (primary N) is 1. The predicted molar refractivity (Wildman–Crippen MR) is 51.2 cm³/mol. The number of aromatic nitrogens is 2. The van der Waals surface area contributed by atoms with Crippen LogP contribution in [0, 0.1) is 0 Å². The molecule has 0 amide bonds. The Morgan fingerprint density at radius 1 is 1.69 bits per heavy atom. The van der Waals surface area contributed by atoms with E-state index >= 15 is 0 Å². The minimum atomic E-state index is -0.0703. The lowest BCUT2D eigenvalue weighted by atomic mass is 10.2. The van der Waals surface area contributed by atoms with Gasteiger partial charge in [-0.3, -0.25) is 0 Å². The first-order valence-electron chi connectivity index (χ1n) is 4.55. The Balaban J connectivity index is 2.39. The van der Waals surface area contributed by atoms with Gasteiger partial charge in [-0.2, -0.15) is 0 Å². The molecule has 0 aromatic carbocycles. The maximum Gasteiger partial charge on any atom is 0.0946 e. The molecule has 0 saturated carbocycles. The molecule has 0 aliphatic carbocycles. The Bertz CT molecular complexity index is 247. The van der Waals surface area contributed by atoms with E-state index in [2.05, 4.69) is 11.9 Å². The lowest BCUT2D eigenvalue weighted by Gasteiger charge is -2.11. The predicted octanol–water partition coefficient (Wildman–Crippen LogP) is 0.846. The fourth-order valence-corrected chi connectivity index (χ4v) is 1.16. The van der Waals surface area contributed by atoms with Gasteiger partial charge in [-0.1, -0.05) is 6.92 Å². The first-order valence-corrected chi connectivity index (χ1v) is 4.55. The van der Waals surface area contributed by atoms with E-state index in [9.17, 15) is 0 Å². The van der Waals surface area contributed by atoms with Crippen molar-refractivity contribution < 1.29 is 4.74 Å². The highest BCUT2D eigenvalue weighted by Crippen LogP contribution is 2.08. The van der Waals surface area contributed by atoms with Crippen molar-refractivity contribution >= 4 is 0 Å². The van der Waals surface area contributed by atoms with Crippen molar-refractivity contribution in [3.05, 3.63) is 18.2 Å². The van der Waals surface area contributed by atoms with Crippen LogP contribution >= 0.6 is 0 Å². The zero-order valence-corrected chi connectivity index (χ0v) is 8.23. The molecule has 4 heteroatoms. The molecular weight excluding hydrogens is 166 g/mol. The summed E-state index contributed by atoms with van der Waals surface area (Å²) in [6.45, 7) is 3.41. The van der Waals surface area contributed by atoms with Crippen LogP contribution in [0.25, 0.3) is 0 Å². The van der Waals surface area contributed by atoms with Gasteiger partial charge < -0.3 is 15.0 Å². The Kier molecular flexibility index (Phi) is 3.92. The van der Waals surface area contributed by atoms with E-state index < -0.39 is 0 Å². The van der Waals surface area contributed by atoms with Crippen LogP contribution in [0.4, 0.5) is 0 Å². The van der Waals surface area contributed by atoms with Gasteiger partial charge in [0, 0.05) is 19.9 Å². The van der Waals surface area contributed by atoms with E-state index in [1.807, 2.05) is 11.6 Å². The third kappa shape index (κ3) is 2.82. The van der Waals surface area contributed by atoms with Crippen LogP contribution < -0.4 is 5.73 Å². The maximum atomic E-state index is 5.90. The van der Waals surface area contributed by atoms with E-state index in [1.54, 1.807) is 12.5 Å². The average molecular weight is 183 g/mol. The van der Waals surface area contributed by atoms with Crippen LogP contribution in [0.3, 0.4) is 0 Å². The van der Waals surface area contributed by atoms with Gasteiger partial charge in [0.05, 0.1) is 24.7 Å². The molecule has 1 heterocycles. The van der Waals surface area contributed by atoms with Gasteiger partial charge in [-0.05, 0) is 6.42 Å². The van der Waals surface area contributed by atoms with Crippen LogP contribution in [-0.2, 0) is 11.8 Å². The summed E-state index contributed by atoms with van der Waals surface area (Å²) >= 11 is 0. The number of hydrogen-bond acceptors (Lipinski definition) is 3. The summed E-state index contributed by atoms with van der Waals surface area (Å²) in [4.78, 5) is 4.00. The zero-order valence-electron chi connectivity index (χ0n) is 8.23. The molecule has 1 atom stereocenters. The fraction of sp³-hybridized carbons (Fsp3) is 0.667.